The Labute approximate surface area is 120 Å². The van der Waals surface area contributed by atoms with Gasteiger partial charge in [-0.2, -0.15) is 17.5 Å². The second-order valence-electron chi connectivity index (χ2n) is 4.74. The van der Waals surface area contributed by atoms with Gasteiger partial charge in [-0.25, -0.2) is 13.4 Å². The van der Waals surface area contributed by atoms with Crippen LogP contribution in [0.15, 0.2) is 24.4 Å². The molecule has 118 valence electrons. The zero-order valence-electron chi connectivity index (χ0n) is 11.1. The molecule has 2 rings (SSSR count). The van der Waals surface area contributed by atoms with Crippen molar-refractivity contribution in [1.29, 1.82) is 0 Å². The van der Waals surface area contributed by atoms with Crippen molar-refractivity contribution in [2.75, 3.05) is 18.8 Å². The Morgan fingerprint density at radius 3 is 2.76 bits per heavy atom. The number of ether oxygens (including phenoxy) is 1. The van der Waals surface area contributed by atoms with Gasteiger partial charge in [0.05, 0.1) is 18.7 Å². The van der Waals surface area contributed by atoms with Gasteiger partial charge in [-0.05, 0) is 12.5 Å². The Bertz CT molecular complexity index is 563. The smallest absolute Gasteiger partial charge is 0.390 e. The molecule has 0 N–H and O–H groups in total. The number of pyridine rings is 1. The van der Waals surface area contributed by atoms with Crippen LogP contribution in [0.3, 0.4) is 0 Å². The topological polar surface area (TPSA) is 59.5 Å². The molecule has 21 heavy (non-hydrogen) atoms. The molecule has 0 radical (unpaired) electrons. The van der Waals surface area contributed by atoms with E-state index in [0.717, 1.165) is 4.31 Å². The van der Waals surface area contributed by atoms with Gasteiger partial charge in [0.15, 0.2) is 0 Å². The molecule has 0 amide bonds. The normalized spacial score (nSPS) is 20.6. The van der Waals surface area contributed by atoms with Crippen molar-refractivity contribution in [3.63, 3.8) is 0 Å². The van der Waals surface area contributed by atoms with E-state index in [1.54, 1.807) is 24.4 Å². The summed E-state index contributed by atoms with van der Waals surface area (Å²) in [6.07, 6.45) is -4.22. The monoisotopic (exact) mass is 324 g/mol. The Kier molecular flexibility index (Phi) is 4.72. The van der Waals surface area contributed by atoms with Crippen molar-refractivity contribution in [3.05, 3.63) is 24.4 Å². The summed E-state index contributed by atoms with van der Waals surface area (Å²) in [6, 6.07) is 5.09. The van der Waals surface area contributed by atoms with Crippen molar-refractivity contribution in [3.8, 4) is 5.88 Å². The first-order valence-corrected chi connectivity index (χ1v) is 7.99. The molecule has 1 aliphatic rings. The number of alkyl halides is 3. The minimum Gasteiger partial charge on any atom is -0.473 e. The average molecular weight is 324 g/mol. The van der Waals surface area contributed by atoms with Crippen LogP contribution in [0.4, 0.5) is 13.2 Å². The van der Waals surface area contributed by atoms with Crippen LogP contribution in [0.2, 0.25) is 0 Å². The molecule has 1 atom stereocenters. The van der Waals surface area contributed by atoms with Crippen LogP contribution in [-0.4, -0.2) is 48.8 Å². The minimum absolute atomic E-state index is 0.0523. The fourth-order valence-corrected chi connectivity index (χ4v) is 3.53. The van der Waals surface area contributed by atoms with E-state index < -0.39 is 28.4 Å². The molecule has 1 fully saturated rings. The second kappa shape index (κ2) is 6.18. The number of halogens is 3. The Hall–Kier alpha value is -1.35. The van der Waals surface area contributed by atoms with Crippen molar-refractivity contribution in [2.24, 2.45) is 0 Å². The van der Waals surface area contributed by atoms with Gasteiger partial charge in [0.1, 0.15) is 6.10 Å². The Morgan fingerprint density at radius 1 is 1.38 bits per heavy atom. The average Bonchev–Trinajstić information content (AvgIpc) is 2.86. The first kappa shape index (κ1) is 16.0. The molecular weight excluding hydrogens is 309 g/mol. The fourth-order valence-electron chi connectivity index (χ4n) is 2.01. The number of hydrogen-bond donors (Lipinski definition) is 0. The van der Waals surface area contributed by atoms with E-state index in [0.29, 0.717) is 12.3 Å². The van der Waals surface area contributed by atoms with Gasteiger partial charge >= 0.3 is 6.18 Å². The molecule has 0 bridgehead atoms. The molecule has 1 aromatic rings. The van der Waals surface area contributed by atoms with Crippen LogP contribution in [0.25, 0.3) is 0 Å². The van der Waals surface area contributed by atoms with Gasteiger partial charge in [0.2, 0.25) is 15.9 Å². The third-order valence-corrected chi connectivity index (χ3v) is 4.91. The quantitative estimate of drug-likeness (QED) is 0.829. The van der Waals surface area contributed by atoms with Crippen molar-refractivity contribution in [1.82, 2.24) is 9.29 Å². The minimum atomic E-state index is -4.48. The molecule has 5 nitrogen and oxygen atoms in total. The standard InChI is InChI=1S/C12H15F3N2O3S/c13-12(14,15)5-8-21(18,19)17-7-4-10(9-17)20-11-3-1-2-6-16-11/h1-3,6,10H,4-5,7-9H2/t10-/m1/s1. The van der Waals surface area contributed by atoms with Crippen LogP contribution in [0.5, 0.6) is 5.88 Å². The van der Waals surface area contributed by atoms with Crippen LogP contribution >= 0.6 is 0 Å². The highest BCUT2D eigenvalue weighted by atomic mass is 32.2. The molecule has 1 saturated heterocycles. The van der Waals surface area contributed by atoms with Crippen LogP contribution < -0.4 is 4.74 Å². The van der Waals surface area contributed by atoms with Gasteiger partial charge in [0.25, 0.3) is 0 Å². The molecular formula is C12H15F3N2O3S. The Morgan fingerprint density at radius 2 is 2.14 bits per heavy atom. The van der Waals surface area contributed by atoms with Crippen LogP contribution in [0, 0.1) is 0 Å². The summed E-state index contributed by atoms with van der Waals surface area (Å²) < 4.78 is 66.6. The highest BCUT2D eigenvalue weighted by Gasteiger charge is 2.36. The lowest BCUT2D eigenvalue weighted by Crippen LogP contribution is -2.34. The number of hydrogen-bond acceptors (Lipinski definition) is 4. The van der Waals surface area contributed by atoms with Gasteiger partial charge in [-0.1, -0.05) is 6.07 Å². The van der Waals surface area contributed by atoms with E-state index in [9.17, 15) is 21.6 Å². The summed E-state index contributed by atoms with van der Waals surface area (Å²) in [7, 11) is -3.91. The van der Waals surface area contributed by atoms with Crippen LogP contribution in [-0.2, 0) is 10.0 Å². The van der Waals surface area contributed by atoms with Crippen molar-refractivity contribution >= 4 is 10.0 Å². The molecule has 9 heteroatoms. The maximum Gasteiger partial charge on any atom is 0.390 e. The number of nitrogens with zero attached hydrogens (tertiary/aromatic N) is 2. The zero-order chi connectivity index (χ0) is 15.5. The van der Waals surface area contributed by atoms with Gasteiger partial charge in [-0.3, -0.25) is 0 Å². The largest absolute Gasteiger partial charge is 0.473 e. The first-order chi connectivity index (χ1) is 9.76. The SMILES string of the molecule is O=S(=O)(CCC(F)(F)F)N1CC[C@@H](Oc2ccccn2)C1. The van der Waals surface area contributed by atoms with E-state index >= 15 is 0 Å². The van der Waals surface area contributed by atoms with Crippen molar-refractivity contribution < 1.29 is 26.3 Å². The lowest BCUT2D eigenvalue weighted by Gasteiger charge is -2.17. The van der Waals surface area contributed by atoms with E-state index in [4.69, 9.17) is 4.74 Å². The van der Waals surface area contributed by atoms with Gasteiger partial charge in [-0.15, -0.1) is 0 Å². The highest BCUT2D eigenvalue weighted by Crippen LogP contribution is 2.24. The lowest BCUT2D eigenvalue weighted by molar-refractivity contribution is -0.130. The maximum atomic E-state index is 12.1. The summed E-state index contributed by atoms with van der Waals surface area (Å²) >= 11 is 0. The molecule has 0 aliphatic carbocycles. The van der Waals surface area contributed by atoms with E-state index in [1.165, 1.54) is 0 Å². The summed E-state index contributed by atoms with van der Waals surface area (Å²) in [5.41, 5.74) is 0. The number of aromatic nitrogens is 1. The van der Waals surface area contributed by atoms with Crippen LogP contribution in [0.1, 0.15) is 12.8 Å². The van der Waals surface area contributed by atoms with E-state index in [2.05, 4.69) is 4.98 Å². The molecule has 0 unspecified atom stereocenters. The third-order valence-electron chi connectivity index (χ3n) is 3.07. The molecule has 1 aliphatic heterocycles. The summed E-state index contributed by atoms with van der Waals surface area (Å²) in [6.45, 7) is 0.217. The lowest BCUT2D eigenvalue weighted by atomic mass is 10.3. The molecule has 2 heterocycles. The summed E-state index contributed by atoms with van der Waals surface area (Å²) in [4.78, 5) is 3.96. The predicted octanol–water partition coefficient (Wildman–Crippen LogP) is 1.82. The molecule has 0 saturated carbocycles. The molecule has 1 aromatic heterocycles. The molecule has 0 aromatic carbocycles. The second-order valence-corrected chi connectivity index (χ2v) is 6.82. The predicted molar refractivity (Wildman–Crippen MR) is 69.3 cm³/mol. The van der Waals surface area contributed by atoms with E-state index in [-0.39, 0.29) is 19.2 Å². The third kappa shape index (κ3) is 4.85. The van der Waals surface area contributed by atoms with Crippen molar-refractivity contribution in [2.45, 2.75) is 25.1 Å². The zero-order valence-corrected chi connectivity index (χ0v) is 11.9. The first-order valence-electron chi connectivity index (χ1n) is 6.38. The summed E-state index contributed by atoms with van der Waals surface area (Å²) in [5, 5.41) is 0. The van der Waals surface area contributed by atoms with E-state index in [1.807, 2.05) is 0 Å². The number of rotatable bonds is 5. The maximum absolute atomic E-state index is 12.1. The van der Waals surface area contributed by atoms with Gasteiger partial charge < -0.3 is 4.74 Å². The van der Waals surface area contributed by atoms with Gasteiger partial charge in [0, 0.05) is 18.8 Å². The Balaban J connectivity index is 1.89. The summed E-state index contributed by atoms with van der Waals surface area (Å²) in [5.74, 6) is -0.552. The molecule has 0 spiro atoms. The fraction of sp³-hybridized carbons (Fsp3) is 0.583. The highest BCUT2D eigenvalue weighted by molar-refractivity contribution is 7.89. The number of sulfonamides is 1.